The highest BCUT2D eigenvalue weighted by molar-refractivity contribution is 6.31. The van der Waals surface area contributed by atoms with Gasteiger partial charge in [-0.2, -0.15) is 0 Å². The lowest BCUT2D eigenvalue weighted by molar-refractivity contribution is 0.646. The maximum Gasteiger partial charge on any atom is 0.0566 e. The van der Waals surface area contributed by atoms with Gasteiger partial charge in [0.2, 0.25) is 0 Å². The van der Waals surface area contributed by atoms with Crippen molar-refractivity contribution in [3.05, 3.63) is 70.2 Å². The van der Waals surface area contributed by atoms with Crippen molar-refractivity contribution in [2.75, 3.05) is 0 Å². The molecule has 0 fully saturated rings. The first-order valence-corrected chi connectivity index (χ1v) is 7.04. The Labute approximate surface area is 120 Å². The molecule has 0 saturated carbocycles. The van der Waals surface area contributed by atoms with Gasteiger partial charge in [0.1, 0.15) is 0 Å². The summed E-state index contributed by atoms with van der Waals surface area (Å²) in [6.45, 7) is 4.45. The van der Waals surface area contributed by atoms with Gasteiger partial charge in [-0.05, 0) is 35.1 Å². The van der Waals surface area contributed by atoms with E-state index in [2.05, 4.69) is 38.1 Å². The van der Waals surface area contributed by atoms with Crippen molar-refractivity contribution in [1.82, 2.24) is 0 Å². The summed E-state index contributed by atoms with van der Waals surface area (Å²) in [5, 5.41) is 0.726. The summed E-state index contributed by atoms with van der Waals surface area (Å²) in [6.07, 6.45) is 1.07. The van der Waals surface area contributed by atoms with Crippen molar-refractivity contribution < 1.29 is 0 Å². The minimum atomic E-state index is -0.166. The Morgan fingerprint density at radius 3 is 2.47 bits per heavy atom. The van der Waals surface area contributed by atoms with Crippen molar-refractivity contribution in [3.8, 4) is 0 Å². The molecule has 1 unspecified atom stereocenters. The van der Waals surface area contributed by atoms with Crippen molar-refractivity contribution in [2.24, 2.45) is 11.7 Å². The van der Waals surface area contributed by atoms with Gasteiger partial charge in [0.25, 0.3) is 0 Å². The number of nitrogens with two attached hydrogens (primary N) is 1. The summed E-state index contributed by atoms with van der Waals surface area (Å²) in [4.78, 5) is 0. The van der Waals surface area contributed by atoms with Crippen LogP contribution in [0.5, 0.6) is 0 Å². The molecule has 2 heteroatoms. The van der Waals surface area contributed by atoms with Crippen molar-refractivity contribution in [2.45, 2.75) is 26.3 Å². The fraction of sp³-hybridized carbons (Fsp3) is 0.294. The van der Waals surface area contributed by atoms with Crippen LogP contribution in [-0.4, -0.2) is 0 Å². The Morgan fingerprint density at radius 1 is 1.05 bits per heavy atom. The smallest absolute Gasteiger partial charge is 0.0566 e. The summed E-state index contributed by atoms with van der Waals surface area (Å²) < 4.78 is 0. The van der Waals surface area contributed by atoms with Gasteiger partial charge in [0.15, 0.2) is 0 Å². The molecule has 19 heavy (non-hydrogen) atoms. The predicted molar refractivity (Wildman–Crippen MR) is 82.5 cm³/mol. The van der Waals surface area contributed by atoms with E-state index in [-0.39, 0.29) is 6.04 Å². The molecule has 100 valence electrons. The lowest BCUT2D eigenvalue weighted by Crippen LogP contribution is -2.12. The third kappa shape index (κ3) is 3.59. The van der Waals surface area contributed by atoms with Crippen LogP contribution >= 0.6 is 11.6 Å². The molecule has 1 atom stereocenters. The molecule has 2 N–H and O–H groups in total. The zero-order chi connectivity index (χ0) is 13.8. The maximum atomic E-state index is 6.33. The lowest BCUT2D eigenvalue weighted by Gasteiger charge is -2.15. The lowest BCUT2D eigenvalue weighted by atomic mass is 9.95. The quantitative estimate of drug-likeness (QED) is 0.866. The van der Waals surface area contributed by atoms with E-state index in [1.807, 2.05) is 24.3 Å². The van der Waals surface area contributed by atoms with Gasteiger partial charge in [-0.25, -0.2) is 0 Å². The molecule has 2 aromatic carbocycles. The first-order valence-electron chi connectivity index (χ1n) is 6.66. The number of hydrogen-bond donors (Lipinski definition) is 1. The van der Waals surface area contributed by atoms with Crippen LogP contribution in [0.25, 0.3) is 0 Å². The molecule has 0 radical (unpaired) electrons. The number of halogens is 1. The first-order chi connectivity index (χ1) is 9.08. The zero-order valence-electron chi connectivity index (χ0n) is 11.4. The van der Waals surface area contributed by atoms with E-state index in [1.54, 1.807) is 0 Å². The molecule has 0 aliphatic carbocycles. The largest absolute Gasteiger partial charge is 0.320 e. The van der Waals surface area contributed by atoms with Crippen LogP contribution in [0.3, 0.4) is 0 Å². The van der Waals surface area contributed by atoms with Crippen molar-refractivity contribution in [3.63, 3.8) is 0 Å². The fourth-order valence-electron chi connectivity index (χ4n) is 2.29. The van der Waals surface area contributed by atoms with E-state index < -0.39 is 0 Å². The summed E-state index contributed by atoms with van der Waals surface area (Å²) in [5.41, 5.74) is 9.76. The second kappa shape index (κ2) is 6.23. The number of rotatable bonds is 4. The predicted octanol–water partition coefficient (Wildman–Crippen LogP) is 4.59. The van der Waals surface area contributed by atoms with Gasteiger partial charge in [0.05, 0.1) is 6.04 Å². The Bertz CT molecular complexity index is 548. The fourth-order valence-corrected chi connectivity index (χ4v) is 2.55. The first kappa shape index (κ1) is 14.1. The van der Waals surface area contributed by atoms with Gasteiger partial charge in [-0.15, -0.1) is 0 Å². The van der Waals surface area contributed by atoms with Crippen LogP contribution in [0, 0.1) is 5.92 Å². The van der Waals surface area contributed by atoms with Gasteiger partial charge >= 0.3 is 0 Å². The van der Waals surface area contributed by atoms with Crippen LogP contribution < -0.4 is 5.73 Å². The van der Waals surface area contributed by atoms with Crippen LogP contribution in [0.15, 0.2) is 48.5 Å². The van der Waals surface area contributed by atoms with Gasteiger partial charge in [-0.3, -0.25) is 0 Å². The minimum absolute atomic E-state index is 0.166. The molecule has 0 aromatic heterocycles. The molecule has 0 spiro atoms. The third-order valence-electron chi connectivity index (χ3n) is 3.19. The van der Waals surface area contributed by atoms with Crippen LogP contribution in [0.1, 0.15) is 36.6 Å². The van der Waals surface area contributed by atoms with Gasteiger partial charge in [-0.1, -0.05) is 67.9 Å². The normalized spacial score (nSPS) is 12.7. The van der Waals surface area contributed by atoms with Crippen LogP contribution in [-0.2, 0) is 6.42 Å². The van der Waals surface area contributed by atoms with Crippen LogP contribution in [0.4, 0.5) is 0 Å². The number of hydrogen-bond acceptors (Lipinski definition) is 1. The van der Waals surface area contributed by atoms with E-state index in [0.717, 1.165) is 22.6 Å². The second-order valence-electron chi connectivity index (χ2n) is 5.34. The molecular weight excluding hydrogens is 254 g/mol. The third-order valence-corrected chi connectivity index (χ3v) is 3.54. The highest BCUT2D eigenvalue weighted by Gasteiger charge is 2.12. The van der Waals surface area contributed by atoms with E-state index in [1.165, 1.54) is 5.56 Å². The minimum Gasteiger partial charge on any atom is -0.320 e. The molecule has 1 nitrogen and oxygen atoms in total. The highest BCUT2D eigenvalue weighted by atomic mass is 35.5. The summed E-state index contributed by atoms with van der Waals surface area (Å²) >= 11 is 6.21. The summed E-state index contributed by atoms with van der Waals surface area (Å²) in [5.74, 6) is 0.645. The summed E-state index contributed by atoms with van der Waals surface area (Å²) in [7, 11) is 0. The Morgan fingerprint density at radius 2 is 1.79 bits per heavy atom. The summed E-state index contributed by atoms with van der Waals surface area (Å²) in [6, 6.07) is 16.1. The average molecular weight is 274 g/mol. The zero-order valence-corrected chi connectivity index (χ0v) is 12.2. The topological polar surface area (TPSA) is 26.0 Å². The van der Waals surface area contributed by atoms with E-state index in [0.29, 0.717) is 5.92 Å². The Kier molecular flexibility index (Phi) is 4.62. The molecule has 0 amide bonds. The standard InChI is InChI=1S/C17H20ClN/c1-12(2)10-13-6-5-7-14(11-13)17(19)15-8-3-4-9-16(15)18/h3-9,11-12,17H,10,19H2,1-2H3. The molecule has 0 saturated heterocycles. The number of benzene rings is 2. The van der Waals surface area contributed by atoms with Crippen LogP contribution in [0.2, 0.25) is 5.02 Å². The average Bonchev–Trinajstić information content (AvgIpc) is 2.38. The Balaban J connectivity index is 2.29. The van der Waals surface area contributed by atoms with Crippen molar-refractivity contribution >= 4 is 11.6 Å². The molecule has 0 aliphatic rings. The Hall–Kier alpha value is -1.31. The monoisotopic (exact) mass is 273 g/mol. The second-order valence-corrected chi connectivity index (χ2v) is 5.75. The van der Waals surface area contributed by atoms with E-state index in [9.17, 15) is 0 Å². The molecule has 0 heterocycles. The molecule has 0 aliphatic heterocycles. The molecule has 2 aromatic rings. The maximum absolute atomic E-state index is 6.33. The van der Waals surface area contributed by atoms with Gasteiger partial charge < -0.3 is 5.73 Å². The molecule has 0 bridgehead atoms. The van der Waals surface area contributed by atoms with E-state index in [4.69, 9.17) is 17.3 Å². The molecule has 2 rings (SSSR count). The highest BCUT2D eigenvalue weighted by Crippen LogP contribution is 2.27. The SMILES string of the molecule is CC(C)Cc1cccc(C(N)c2ccccc2Cl)c1. The van der Waals surface area contributed by atoms with Crippen molar-refractivity contribution in [1.29, 1.82) is 0 Å². The molecular formula is C17H20ClN. The van der Waals surface area contributed by atoms with E-state index >= 15 is 0 Å². The van der Waals surface area contributed by atoms with Gasteiger partial charge in [0, 0.05) is 5.02 Å².